The third kappa shape index (κ3) is 11.2. The zero-order chi connectivity index (χ0) is 53.2. The lowest BCUT2D eigenvalue weighted by Crippen LogP contribution is -1.99. The summed E-state index contributed by atoms with van der Waals surface area (Å²) in [7, 11) is 0. The van der Waals surface area contributed by atoms with Gasteiger partial charge in [0, 0.05) is 16.2 Å². The predicted octanol–water partition coefficient (Wildman–Crippen LogP) is 22.2. The fraction of sp³-hybridized carbons (Fsp3) is 0.449. The first-order chi connectivity index (χ1) is 35.5. The molecule has 72 heavy (non-hydrogen) atoms. The van der Waals surface area contributed by atoms with E-state index < -0.39 is 0 Å². The van der Waals surface area contributed by atoms with Crippen LogP contribution in [0.3, 0.4) is 0 Å². The van der Waals surface area contributed by atoms with Crippen molar-refractivity contribution in [2.45, 2.75) is 204 Å². The van der Waals surface area contributed by atoms with Gasteiger partial charge in [-0.05, 0) is 183 Å². The second kappa shape index (κ2) is 28.6. The van der Waals surface area contributed by atoms with Crippen molar-refractivity contribution in [1.82, 2.24) is 0 Å². The van der Waals surface area contributed by atoms with Gasteiger partial charge in [-0.2, -0.15) is 0 Å². The number of rotatable bonds is 0. The van der Waals surface area contributed by atoms with Crippen LogP contribution in [0.2, 0.25) is 0 Å². The minimum atomic E-state index is 0.456. The van der Waals surface area contributed by atoms with E-state index in [9.17, 15) is 15.3 Å². The predicted molar refractivity (Wildman–Crippen MR) is 321 cm³/mol. The van der Waals surface area contributed by atoms with Crippen LogP contribution in [0.25, 0.3) is 53.9 Å². The van der Waals surface area contributed by atoms with Crippen LogP contribution in [0.15, 0.2) is 115 Å². The van der Waals surface area contributed by atoms with Gasteiger partial charge in [-0.25, -0.2) is 0 Å². The molecule has 8 aromatic rings. The highest BCUT2D eigenvalue weighted by atomic mass is 16.3. The topological polar surface area (TPSA) is 60.7 Å². The third-order valence-corrected chi connectivity index (χ3v) is 15.1. The van der Waals surface area contributed by atoms with Crippen molar-refractivity contribution in [3.8, 4) is 17.2 Å². The standard InChI is InChI=1S/2C19H16O.C15H14O.8C2H6/c20-17-10-16-12-5-6-13(9-12)18(16)15-8-7-11-3-1-2-4-14(11)19(15)17;20-17-10-16-12-5-6-13(9-12)18(16)19-14-4-2-1-3-11(14)7-8-15(17)19;16-14-8-13-9-5-6-10(7-9)15(13)12-4-2-1-3-11(12)14;8*1-2/h2*1-4,7-8,10,12-13,20H,5-6,9H2;1-4,8-10,16H,5-7H2;8*1-2H3. The van der Waals surface area contributed by atoms with E-state index in [0.717, 1.165) is 33.9 Å². The second-order valence-corrected chi connectivity index (χ2v) is 17.8. The molecule has 3 nitrogen and oxygen atoms in total. The number of hydrogen-bond acceptors (Lipinski definition) is 3. The van der Waals surface area contributed by atoms with E-state index in [0.29, 0.717) is 35.0 Å². The van der Waals surface area contributed by atoms with Gasteiger partial charge >= 0.3 is 0 Å². The molecular formula is C69H94O3. The van der Waals surface area contributed by atoms with E-state index in [-0.39, 0.29) is 0 Å². The smallest absolute Gasteiger partial charge is 0.124 e. The highest BCUT2D eigenvalue weighted by molar-refractivity contribution is 6.13. The van der Waals surface area contributed by atoms with Crippen molar-refractivity contribution in [3.05, 3.63) is 149 Å². The van der Waals surface area contributed by atoms with E-state index in [2.05, 4.69) is 84.9 Å². The second-order valence-electron chi connectivity index (χ2n) is 17.8. The van der Waals surface area contributed by atoms with Crippen molar-refractivity contribution < 1.29 is 15.3 Å². The first kappa shape index (κ1) is 59.0. The Hall–Kier alpha value is -5.54. The summed E-state index contributed by atoms with van der Waals surface area (Å²) in [5.74, 6) is 5.66. The zero-order valence-electron chi connectivity index (χ0n) is 47.6. The van der Waals surface area contributed by atoms with E-state index in [4.69, 9.17) is 0 Å². The van der Waals surface area contributed by atoms with Gasteiger partial charge in [0.05, 0.1) is 0 Å². The molecule has 0 amide bonds. The maximum atomic E-state index is 10.6. The Labute approximate surface area is 437 Å². The van der Waals surface area contributed by atoms with Crippen molar-refractivity contribution >= 4 is 53.9 Å². The molecular weight excluding hydrogens is 877 g/mol. The van der Waals surface area contributed by atoms with Crippen LogP contribution >= 0.6 is 0 Å². The molecule has 3 saturated carbocycles. The summed E-state index contributed by atoms with van der Waals surface area (Å²) < 4.78 is 0. The number of hydrogen-bond donors (Lipinski definition) is 3. The maximum Gasteiger partial charge on any atom is 0.124 e. The van der Waals surface area contributed by atoms with Gasteiger partial charge in [0.1, 0.15) is 17.2 Å². The molecule has 0 radical (unpaired) electrons. The van der Waals surface area contributed by atoms with Gasteiger partial charge < -0.3 is 15.3 Å². The monoisotopic (exact) mass is 971 g/mol. The highest BCUT2D eigenvalue weighted by Crippen LogP contribution is 2.59. The summed E-state index contributed by atoms with van der Waals surface area (Å²) in [6.45, 7) is 32.0. The Morgan fingerprint density at radius 3 is 1.07 bits per heavy atom. The minimum Gasteiger partial charge on any atom is -0.507 e. The first-order valence-corrected chi connectivity index (χ1v) is 29.1. The molecule has 0 saturated heterocycles. The molecule has 3 heteroatoms. The van der Waals surface area contributed by atoms with E-state index in [1.165, 1.54) is 129 Å². The molecule has 0 spiro atoms. The van der Waals surface area contributed by atoms with Crippen LogP contribution in [-0.2, 0) is 0 Å². The summed E-state index contributed by atoms with van der Waals surface area (Å²) in [5, 5.41) is 43.0. The number of benzene rings is 8. The highest BCUT2D eigenvalue weighted by Gasteiger charge is 2.41. The van der Waals surface area contributed by atoms with Crippen LogP contribution in [0.1, 0.15) is 237 Å². The van der Waals surface area contributed by atoms with Crippen LogP contribution in [0.4, 0.5) is 0 Å². The van der Waals surface area contributed by atoms with Crippen molar-refractivity contribution in [1.29, 1.82) is 0 Å². The number of fused-ring (bicyclic) bond motifs is 25. The molecule has 6 unspecified atom stereocenters. The average Bonchev–Trinajstić information content (AvgIpc) is 4.37. The van der Waals surface area contributed by atoms with Crippen molar-refractivity contribution in [2.24, 2.45) is 0 Å². The Morgan fingerprint density at radius 1 is 0.278 bits per heavy atom. The van der Waals surface area contributed by atoms with Crippen LogP contribution < -0.4 is 0 Å². The summed E-state index contributed by atoms with van der Waals surface area (Å²) in [4.78, 5) is 0. The lowest BCUT2D eigenvalue weighted by molar-refractivity contribution is 0.479. The molecule has 0 aliphatic heterocycles. The summed E-state index contributed by atoms with van der Waals surface area (Å²) in [6, 6.07) is 39.9. The quantitative estimate of drug-likeness (QED) is 0.133. The van der Waals surface area contributed by atoms with Crippen molar-refractivity contribution in [2.75, 3.05) is 0 Å². The summed E-state index contributed by atoms with van der Waals surface area (Å²) in [5.41, 5.74) is 8.85. The number of phenolic OH excluding ortho intramolecular Hbond substituents is 3. The third-order valence-electron chi connectivity index (χ3n) is 15.1. The molecule has 0 heterocycles. The van der Waals surface area contributed by atoms with Crippen LogP contribution in [0.5, 0.6) is 17.2 Å². The normalized spacial score (nSPS) is 19.6. The Morgan fingerprint density at radius 2 is 0.597 bits per heavy atom. The van der Waals surface area contributed by atoms with Gasteiger partial charge in [0.2, 0.25) is 0 Å². The fourth-order valence-corrected chi connectivity index (χ4v) is 12.8. The van der Waals surface area contributed by atoms with Gasteiger partial charge in [-0.15, -0.1) is 0 Å². The Bertz CT molecular complexity index is 2940. The number of phenols is 3. The molecule has 3 fully saturated rings. The lowest BCUT2D eigenvalue weighted by atomic mass is 9.85. The van der Waals surface area contributed by atoms with Crippen LogP contribution in [0, 0.1) is 0 Å². The van der Waals surface area contributed by atoms with Gasteiger partial charge in [-0.3, -0.25) is 0 Å². The van der Waals surface area contributed by atoms with E-state index in [1.807, 2.05) is 141 Å². The van der Waals surface area contributed by atoms with Crippen LogP contribution in [-0.4, -0.2) is 15.3 Å². The minimum absolute atomic E-state index is 0.456. The molecule has 3 N–H and O–H groups in total. The van der Waals surface area contributed by atoms with Gasteiger partial charge in [0.15, 0.2) is 0 Å². The molecule has 6 atom stereocenters. The number of aromatic hydroxyl groups is 3. The first-order valence-electron chi connectivity index (χ1n) is 29.1. The zero-order valence-corrected chi connectivity index (χ0v) is 47.6. The van der Waals surface area contributed by atoms with E-state index in [1.54, 1.807) is 0 Å². The molecule has 8 aromatic carbocycles. The molecule has 6 aliphatic rings. The SMILES string of the molecule is CC.CC.CC.CC.CC.CC.CC.CC.Oc1cc2c(c3c1ccc1ccccc13)C1CCC2C1.Oc1cc2c(c3ccc4ccccc4c13)C1CCC2C1.Oc1cc2c(c3ccccc13)C1CCC2C1. The molecule has 0 aromatic heterocycles. The molecule has 6 bridgehead atoms. The Balaban J connectivity index is 0.000000206. The van der Waals surface area contributed by atoms with Crippen molar-refractivity contribution in [3.63, 3.8) is 0 Å². The fourth-order valence-electron chi connectivity index (χ4n) is 12.8. The lowest BCUT2D eigenvalue weighted by Gasteiger charge is -2.19. The Kier molecular flexibility index (Phi) is 23.5. The molecule has 14 rings (SSSR count). The summed E-state index contributed by atoms with van der Waals surface area (Å²) in [6.07, 6.45) is 11.8. The molecule has 6 aliphatic carbocycles. The van der Waals surface area contributed by atoms with E-state index >= 15 is 0 Å². The molecule has 388 valence electrons. The van der Waals surface area contributed by atoms with Gasteiger partial charge in [-0.1, -0.05) is 208 Å². The average molecular weight is 972 g/mol. The summed E-state index contributed by atoms with van der Waals surface area (Å²) >= 11 is 0. The maximum absolute atomic E-state index is 10.6. The van der Waals surface area contributed by atoms with Gasteiger partial charge in [0.25, 0.3) is 0 Å². The largest absolute Gasteiger partial charge is 0.507 e.